The van der Waals surface area contributed by atoms with Gasteiger partial charge in [-0.25, -0.2) is 0 Å². The molecule has 1 fully saturated rings. The predicted molar refractivity (Wildman–Crippen MR) is 75.5 cm³/mol. The van der Waals surface area contributed by atoms with Crippen LogP contribution in [0, 0.1) is 5.92 Å². The van der Waals surface area contributed by atoms with Gasteiger partial charge in [-0.2, -0.15) is 0 Å². The summed E-state index contributed by atoms with van der Waals surface area (Å²) in [6.07, 6.45) is 2.73. The highest BCUT2D eigenvalue weighted by molar-refractivity contribution is 4.81. The third-order valence-corrected chi connectivity index (χ3v) is 3.73. The van der Waals surface area contributed by atoms with Crippen molar-refractivity contribution in [2.75, 3.05) is 46.8 Å². The first kappa shape index (κ1) is 14.9. The van der Waals surface area contributed by atoms with E-state index in [2.05, 4.69) is 50.0 Å². The third kappa shape index (κ3) is 5.84. The van der Waals surface area contributed by atoms with E-state index in [1.165, 1.54) is 32.5 Å². The lowest BCUT2D eigenvalue weighted by Gasteiger charge is -2.35. The molecule has 0 aromatic heterocycles. The van der Waals surface area contributed by atoms with Crippen molar-refractivity contribution in [3.8, 4) is 0 Å². The fraction of sp³-hybridized carbons (Fsp3) is 1.00. The molecule has 3 heteroatoms. The Bertz CT molecular complexity index is 208. The first-order valence-corrected chi connectivity index (χ1v) is 7.05. The van der Waals surface area contributed by atoms with Gasteiger partial charge < -0.3 is 15.1 Å². The van der Waals surface area contributed by atoms with Crippen molar-refractivity contribution < 1.29 is 0 Å². The summed E-state index contributed by atoms with van der Waals surface area (Å²) in [7, 11) is 4.49. The van der Waals surface area contributed by atoms with Gasteiger partial charge in [0, 0.05) is 18.6 Å². The normalized spacial score (nSPS) is 20.1. The Morgan fingerprint density at radius 2 is 1.88 bits per heavy atom. The summed E-state index contributed by atoms with van der Waals surface area (Å²) in [6, 6.07) is 0. The maximum absolute atomic E-state index is 3.55. The number of piperidine rings is 1. The highest BCUT2D eigenvalue weighted by Gasteiger charge is 2.22. The largest absolute Gasteiger partial charge is 0.311 e. The fourth-order valence-electron chi connectivity index (χ4n) is 2.96. The van der Waals surface area contributed by atoms with Crippen LogP contribution < -0.4 is 5.32 Å². The highest BCUT2D eigenvalue weighted by Crippen LogP contribution is 2.17. The third-order valence-electron chi connectivity index (χ3n) is 3.73. The van der Waals surface area contributed by atoms with Crippen LogP contribution in [0.15, 0.2) is 0 Å². The van der Waals surface area contributed by atoms with Gasteiger partial charge in [-0.05, 0) is 66.3 Å². The SMILES string of the molecule is CCNC(C)(C)CN(C)CC1CCN(C)CC1. The molecule has 0 bridgehead atoms. The summed E-state index contributed by atoms with van der Waals surface area (Å²) in [5.74, 6) is 0.897. The summed E-state index contributed by atoms with van der Waals surface area (Å²) in [5.41, 5.74) is 0.231. The molecule has 102 valence electrons. The van der Waals surface area contributed by atoms with Crippen molar-refractivity contribution in [1.29, 1.82) is 0 Å². The van der Waals surface area contributed by atoms with Gasteiger partial charge >= 0.3 is 0 Å². The van der Waals surface area contributed by atoms with E-state index in [0.29, 0.717) is 0 Å². The molecule has 0 unspecified atom stereocenters. The molecule has 0 atom stereocenters. The topological polar surface area (TPSA) is 18.5 Å². The maximum Gasteiger partial charge on any atom is 0.0251 e. The molecule has 1 aliphatic rings. The van der Waals surface area contributed by atoms with Gasteiger partial charge in [0.15, 0.2) is 0 Å². The molecule has 3 nitrogen and oxygen atoms in total. The zero-order valence-corrected chi connectivity index (χ0v) is 12.4. The van der Waals surface area contributed by atoms with Crippen LogP contribution in [0.4, 0.5) is 0 Å². The van der Waals surface area contributed by atoms with Crippen LogP contribution >= 0.6 is 0 Å². The lowest BCUT2D eigenvalue weighted by Crippen LogP contribution is -2.49. The number of hydrogen-bond donors (Lipinski definition) is 1. The predicted octanol–water partition coefficient (Wildman–Crippen LogP) is 1.65. The van der Waals surface area contributed by atoms with Crippen LogP contribution in [0.5, 0.6) is 0 Å². The van der Waals surface area contributed by atoms with Crippen molar-refractivity contribution in [2.45, 2.75) is 39.2 Å². The molecular formula is C14H31N3. The minimum absolute atomic E-state index is 0.231. The van der Waals surface area contributed by atoms with E-state index >= 15 is 0 Å². The Hall–Kier alpha value is -0.120. The van der Waals surface area contributed by atoms with Crippen LogP contribution in [-0.2, 0) is 0 Å². The highest BCUT2D eigenvalue weighted by atomic mass is 15.2. The molecule has 0 spiro atoms. The van der Waals surface area contributed by atoms with Crippen molar-refractivity contribution in [3.05, 3.63) is 0 Å². The second-order valence-electron chi connectivity index (χ2n) is 6.36. The summed E-state index contributed by atoms with van der Waals surface area (Å²) < 4.78 is 0. The van der Waals surface area contributed by atoms with Crippen LogP contribution in [0.25, 0.3) is 0 Å². The molecule has 0 saturated carbocycles. The summed E-state index contributed by atoms with van der Waals surface area (Å²) >= 11 is 0. The lowest BCUT2D eigenvalue weighted by molar-refractivity contribution is 0.156. The number of nitrogens with zero attached hydrogens (tertiary/aromatic N) is 2. The van der Waals surface area contributed by atoms with Crippen LogP contribution in [0.3, 0.4) is 0 Å². The van der Waals surface area contributed by atoms with Crippen molar-refractivity contribution in [2.24, 2.45) is 5.92 Å². The van der Waals surface area contributed by atoms with Crippen LogP contribution in [0.1, 0.15) is 33.6 Å². The zero-order valence-electron chi connectivity index (χ0n) is 12.4. The Balaban J connectivity index is 2.26. The molecule has 17 heavy (non-hydrogen) atoms. The van der Waals surface area contributed by atoms with Crippen LogP contribution in [0.2, 0.25) is 0 Å². The Morgan fingerprint density at radius 3 is 2.41 bits per heavy atom. The van der Waals surface area contributed by atoms with E-state index in [1.807, 2.05) is 0 Å². The number of hydrogen-bond acceptors (Lipinski definition) is 3. The van der Waals surface area contributed by atoms with Crippen molar-refractivity contribution in [3.63, 3.8) is 0 Å². The number of nitrogens with one attached hydrogen (secondary N) is 1. The van der Waals surface area contributed by atoms with E-state index in [4.69, 9.17) is 0 Å². The average molecular weight is 241 g/mol. The molecule has 1 rings (SSSR count). The molecule has 0 radical (unpaired) electrons. The van der Waals surface area contributed by atoms with Gasteiger partial charge in [-0.3, -0.25) is 0 Å². The van der Waals surface area contributed by atoms with E-state index < -0.39 is 0 Å². The standard InChI is InChI=1S/C14H31N3/c1-6-15-14(2,3)12-17(5)11-13-7-9-16(4)10-8-13/h13,15H,6-12H2,1-5H3. The number of likely N-dealkylation sites (N-methyl/N-ethyl adjacent to an activating group) is 2. The second-order valence-corrected chi connectivity index (χ2v) is 6.36. The minimum Gasteiger partial charge on any atom is -0.311 e. The first-order chi connectivity index (χ1) is 7.93. The quantitative estimate of drug-likeness (QED) is 0.763. The maximum atomic E-state index is 3.55. The monoisotopic (exact) mass is 241 g/mol. The van der Waals surface area contributed by atoms with Crippen LogP contribution in [-0.4, -0.2) is 62.2 Å². The molecule has 0 aromatic rings. The smallest absolute Gasteiger partial charge is 0.0251 e. The van der Waals surface area contributed by atoms with Gasteiger partial charge in [-0.1, -0.05) is 6.92 Å². The van der Waals surface area contributed by atoms with Crippen molar-refractivity contribution >= 4 is 0 Å². The lowest BCUT2D eigenvalue weighted by atomic mass is 9.96. The van der Waals surface area contributed by atoms with Gasteiger partial charge in [-0.15, -0.1) is 0 Å². The molecule has 0 aliphatic carbocycles. The van der Waals surface area contributed by atoms with E-state index in [-0.39, 0.29) is 5.54 Å². The second kappa shape index (κ2) is 6.72. The first-order valence-electron chi connectivity index (χ1n) is 7.05. The average Bonchev–Trinajstić information content (AvgIpc) is 2.20. The Kier molecular flexibility index (Phi) is 5.90. The van der Waals surface area contributed by atoms with Gasteiger partial charge in [0.05, 0.1) is 0 Å². The summed E-state index contributed by atoms with van der Waals surface area (Å²) in [6.45, 7) is 12.7. The van der Waals surface area contributed by atoms with Crippen molar-refractivity contribution in [1.82, 2.24) is 15.1 Å². The molecule has 1 N–H and O–H groups in total. The summed E-state index contributed by atoms with van der Waals surface area (Å²) in [4.78, 5) is 4.94. The summed E-state index contributed by atoms with van der Waals surface area (Å²) in [5, 5.41) is 3.55. The molecular weight excluding hydrogens is 210 g/mol. The number of rotatable bonds is 6. The van der Waals surface area contributed by atoms with Gasteiger partial charge in [0.25, 0.3) is 0 Å². The zero-order chi connectivity index (χ0) is 12.9. The van der Waals surface area contributed by atoms with Gasteiger partial charge in [0.2, 0.25) is 0 Å². The van der Waals surface area contributed by atoms with E-state index in [0.717, 1.165) is 19.0 Å². The van der Waals surface area contributed by atoms with E-state index in [1.54, 1.807) is 0 Å². The molecule has 0 aromatic carbocycles. The fourth-order valence-corrected chi connectivity index (χ4v) is 2.96. The molecule has 1 aliphatic heterocycles. The Morgan fingerprint density at radius 1 is 1.29 bits per heavy atom. The molecule has 1 saturated heterocycles. The Labute approximate surface area is 108 Å². The molecule has 1 heterocycles. The number of likely N-dealkylation sites (tertiary alicyclic amines) is 1. The van der Waals surface area contributed by atoms with E-state index in [9.17, 15) is 0 Å². The van der Waals surface area contributed by atoms with Gasteiger partial charge in [0.1, 0.15) is 0 Å². The molecule has 0 amide bonds. The minimum atomic E-state index is 0.231.